The molecule has 1 aliphatic heterocycles. The van der Waals surface area contributed by atoms with Gasteiger partial charge in [0, 0.05) is 45.0 Å². The SMILES string of the molecule is CCC(CSC)N(C)C(=O)N1CCCN(CC(=O)O)CC1. The minimum Gasteiger partial charge on any atom is -0.480 e. The number of amides is 2. The molecule has 0 aliphatic carbocycles. The number of aliphatic carboxylic acids is 1. The molecule has 1 aliphatic rings. The summed E-state index contributed by atoms with van der Waals surface area (Å²) in [7, 11) is 1.87. The van der Waals surface area contributed by atoms with Gasteiger partial charge in [-0.05, 0) is 19.1 Å². The highest BCUT2D eigenvalue weighted by molar-refractivity contribution is 7.98. The highest BCUT2D eigenvalue weighted by Crippen LogP contribution is 2.12. The van der Waals surface area contributed by atoms with Gasteiger partial charge in [0.05, 0.1) is 6.54 Å². The molecule has 1 rings (SSSR count). The van der Waals surface area contributed by atoms with E-state index in [2.05, 4.69) is 13.2 Å². The number of urea groups is 1. The van der Waals surface area contributed by atoms with Gasteiger partial charge in [-0.2, -0.15) is 11.8 Å². The molecule has 1 saturated heterocycles. The third-order valence-corrected chi connectivity index (χ3v) is 4.62. The van der Waals surface area contributed by atoms with Crippen molar-refractivity contribution in [2.75, 3.05) is 51.8 Å². The maximum absolute atomic E-state index is 12.6. The summed E-state index contributed by atoms with van der Waals surface area (Å²) >= 11 is 1.75. The molecule has 6 nitrogen and oxygen atoms in total. The summed E-state index contributed by atoms with van der Waals surface area (Å²) in [6.07, 6.45) is 3.82. The van der Waals surface area contributed by atoms with Crippen LogP contribution in [0.2, 0.25) is 0 Å². The molecule has 0 radical (unpaired) electrons. The Hall–Kier alpha value is -0.950. The van der Waals surface area contributed by atoms with E-state index in [4.69, 9.17) is 5.11 Å². The van der Waals surface area contributed by atoms with E-state index in [1.165, 1.54) is 0 Å². The Morgan fingerprint density at radius 3 is 2.57 bits per heavy atom. The second kappa shape index (κ2) is 9.15. The van der Waals surface area contributed by atoms with E-state index >= 15 is 0 Å². The third kappa shape index (κ3) is 5.74. The first-order chi connectivity index (χ1) is 9.99. The van der Waals surface area contributed by atoms with Crippen molar-refractivity contribution in [2.24, 2.45) is 0 Å². The Morgan fingerprint density at radius 2 is 2.00 bits per heavy atom. The third-order valence-electron chi connectivity index (χ3n) is 3.90. The normalized spacial score (nSPS) is 18.1. The van der Waals surface area contributed by atoms with Crippen molar-refractivity contribution < 1.29 is 14.7 Å². The lowest BCUT2D eigenvalue weighted by atomic mass is 10.2. The minimum atomic E-state index is -0.807. The first kappa shape index (κ1) is 18.1. The number of hydrogen-bond donors (Lipinski definition) is 1. The highest BCUT2D eigenvalue weighted by Gasteiger charge is 2.25. The Morgan fingerprint density at radius 1 is 1.29 bits per heavy atom. The summed E-state index contributed by atoms with van der Waals surface area (Å²) in [5.74, 6) is 0.135. The van der Waals surface area contributed by atoms with E-state index in [9.17, 15) is 9.59 Å². The van der Waals surface area contributed by atoms with Crippen LogP contribution in [0.4, 0.5) is 4.79 Å². The van der Waals surface area contributed by atoms with Gasteiger partial charge >= 0.3 is 12.0 Å². The molecule has 122 valence electrons. The van der Waals surface area contributed by atoms with Crippen LogP contribution in [-0.2, 0) is 4.79 Å². The van der Waals surface area contributed by atoms with Gasteiger partial charge in [0.1, 0.15) is 0 Å². The van der Waals surface area contributed by atoms with Gasteiger partial charge in [-0.25, -0.2) is 4.79 Å². The maximum Gasteiger partial charge on any atom is 0.320 e. The van der Waals surface area contributed by atoms with Gasteiger partial charge in [-0.3, -0.25) is 9.69 Å². The van der Waals surface area contributed by atoms with Gasteiger partial charge in [0.15, 0.2) is 0 Å². The van der Waals surface area contributed by atoms with Gasteiger partial charge in [0.25, 0.3) is 0 Å². The zero-order valence-electron chi connectivity index (χ0n) is 13.2. The molecule has 7 heteroatoms. The van der Waals surface area contributed by atoms with E-state index in [1.807, 2.05) is 21.7 Å². The van der Waals surface area contributed by atoms with Crippen molar-refractivity contribution in [3.05, 3.63) is 0 Å². The van der Waals surface area contributed by atoms with Crippen molar-refractivity contribution in [3.63, 3.8) is 0 Å². The Balaban J connectivity index is 2.56. The molecule has 0 aromatic carbocycles. The molecule has 0 saturated carbocycles. The van der Waals surface area contributed by atoms with Gasteiger partial charge < -0.3 is 14.9 Å². The number of carboxylic acid groups (broad SMARTS) is 1. The molecule has 1 atom stereocenters. The number of thioether (sulfide) groups is 1. The van der Waals surface area contributed by atoms with E-state index in [-0.39, 0.29) is 18.6 Å². The number of carbonyl (C=O) groups excluding carboxylic acids is 1. The van der Waals surface area contributed by atoms with Crippen LogP contribution >= 0.6 is 11.8 Å². The predicted octanol–water partition coefficient (Wildman–Crippen LogP) is 1.27. The number of nitrogens with zero attached hydrogens (tertiary/aromatic N) is 3. The second-order valence-electron chi connectivity index (χ2n) is 5.42. The summed E-state index contributed by atoms with van der Waals surface area (Å²) in [5.41, 5.74) is 0. The monoisotopic (exact) mass is 317 g/mol. The zero-order chi connectivity index (χ0) is 15.8. The summed E-state index contributed by atoms with van der Waals surface area (Å²) in [4.78, 5) is 28.9. The van der Waals surface area contributed by atoms with Gasteiger partial charge in [0.2, 0.25) is 0 Å². The minimum absolute atomic E-state index is 0.0575. The molecule has 21 heavy (non-hydrogen) atoms. The zero-order valence-corrected chi connectivity index (χ0v) is 14.1. The van der Waals surface area contributed by atoms with Crippen LogP contribution in [0.1, 0.15) is 19.8 Å². The summed E-state index contributed by atoms with van der Waals surface area (Å²) in [6, 6.07) is 0.318. The summed E-state index contributed by atoms with van der Waals surface area (Å²) in [5, 5.41) is 8.85. The van der Waals surface area contributed by atoms with Crippen LogP contribution in [-0.4, -0.2) is 89.6 Å². The Labute approximate surface area is 131 Å². The van der Waals surface area contributed by atoms with Crippen molar-refractivity contribution in [1.29, 1.82) is 0 Å². The van der Waals surface area contributed by atoms with Crippen molar-refractivity contribution in [2.45, 2.75) is 25.8 Å². The van der Waals surface area contributed by atoms with Crippen molar-refractivity contribution >= 4 is 23.8 Å². The van der Waals surface area contributed by atoms with Gasteiger partial charge in [-0.1, -0.05) is 6.92 Å². The highest BCUT2D eigenvalue weighted by atomic mass is 32.2. The topological polar surface area (TPSA) is 64.1 Å². The Kier molecular flexibility index (Phi) is 7.88. The lowest BCUT2D eigenvalue weighted by molar-refractivity contribution is -0.138. The molecule has 0 aromatic heterocycles. The number of rotatable bonds is 6. The van der Waals surface area contributed by atoms with E-state index in [0.29, 0.717) is 19.6 Å². The molecule has 1 N–H and O–H groups in total. The first-order valence-corrected chi connectivity index (χ1v) is 8.83. The lowest BCUT2D eigenvalue weighted by Crippen LogP contribution is -2.48. The van der Waals surface area contributed by atoms with Crippen molar-refractivity contribution in [1.82, 2.24) is 14.7 Å². The fraction of sp³-hybridized carbons (Fsp3) is 0.857. The number of carboxylic acids is 1. The predicted molar refractivity (Wildman–Crippen MR) is 85.9 cm³/mol. The standard InChI is InChI=1S/C14H27N3O3S/c1-4-12(11-21-3)15(2)14(20)17-7-5-6-16(8-9-17)10-13(18)19/h12H,4-11H2,1-3H3,(H,18,19). The van der Waals surface area contributed by atoms with Crippen LogP contribution in [0.5, 0.6) is 0 Å². The second-order valence-corrected chi connectivity index (χ2v) is 6.33. The molecule has 2 amide bonds. The maximum atomic E-state index is 12.6. The van der Waals surface area contributed by atoms with Crippen LogP contribution in [0.3, 0.4) is 0 Å². The molecular formula is C14H27N3O3S. The molecule has 0 bridgehead atoms. The fourth-order valence-electron chi connectivity index (χ4n) is 2.59. The average molecular weight is 317 g/mol. The van der Waals surface area contributed by atoms with Crippen LogP contribution in [0, 0.1) is 0 Å². The molecule has 0 spiro atoms. The molecule has 1 heterocycles. The fourth-order valence-corrected chi connectivity index (χ4v) is 3.43. The summed E-state index contributed by atoms with van der Waals surface area (Å²) in [6.45, 7) is 4.83. The van der Waals surface area contributed by atoms with Gasteiger partial charge in [-0.15, -0.1) is 0 Å². The number of carbonyl (C=O) groups is 2. The molecule has 1 fully saturated rings. The Bertz CT molecular complexity index is 354. The molecular weight excluding hydrogens is 290 g/mol. The smallest absolute Gasteiger partial charge is 0.320 e. The van der Waals surface area contributed by atoms with Crippen LogP contribution < -0.4 is 0 Å². The largest absolute Gasteiger partial charge is 0.480 e. The van der Waals surface area contributed by atoms with E-state index in [1.54, 1.807) is 11.8 Å². The van der Waals surface area contributed by atoms with E-state index < -0.39 is 5.97 Å². The number of hydrogen-bond acceptors (Lipinski definition) is 4. The van der Waals surface area contributed by atoms with E-state index in [0.717, 1.165) is 25.1 Å². The van der Waals surface area contributed by atoms with Crippen LogP contribution in [0.25, 0.3) is 0 Å². The first-order valence-electron chi connectivity index (χ1n) is 7.44. The lowest BCUT2D eigenvalue weighted by Gasteiger charge is -2.32. The van der Waals surface area contributed by atoms with Crippen LogP contribution in [0.15, 0.2) is 0 Å². The summed E-state index contributed by atoms with van der Waals surface area (Å²) < 4.78 is 0. The quantitative estimate of drug-likeness (QED) is 0.799. The van der Waals surface area contributed by atoms with Crippen molar-refractivity contribution in [3.8, 4) is 0 Å². The molecule has 1 unspecified atom stereocenters. The molecule has 0 aromatic rings. The average Bonchev–Trinajstić information content (AvgIpc) is 2.68.